The Morgan fingerprint density at radius 1 is 1.56 bits per heavy atom. The predicted molar refractivity (Wildman–Crippen MR) is 28.5 cm³/mol. The zero-order valence-corrected chi connectivity index (χ0v) is 7.38. The topological polar surface area (TPSA) is 15.8 Å². The van der Waals surface area contributed by atoms with Crippen LogP contribution in [0.1, 0.15) is 0 Å². The Labute approximate surface area is 56.2 Å². The molecule has 0 fully saturated rings. The number of hydrogen-bond acceptors (Lipinski definition) is 0. The van der Waals surface area contributed by atoms with Crippen LogP contribution in [-0.4, -0.2) is 4.98 Å². The quantitative estimate of drug-likeness (QED) is 0.811. The first-order valence-electron chi connectivity index (χ1n) is 2.29. The maximum absolute atomic E-state index is 12.5. The summed E-state index contributed by atoms with van der Waals surface area (Å²) in [5, 5.41) is 0. The van der Waals surface area contributed by atoms with Gasteiger partial charge in [-0.25, -0.2) is 0 Å². The summed E-state index contributed by atoms with van der Waals surface area (Å²) < 4.78 is 25.1. The molecule has 1 heterocycles. The van der Waals surface area contributed by atoms with Crippen LogP contribution in [0.4, 0.5) is 6.57 Å². The van der Waals surface area contributed by atoms with Gasteiger partial charge in [-0.15, -0.1) is 0 Å². The van der Waals surface area contributed by atoms with Gasteiger partial charge in [0.25, 0.3) is 0 Å². The van der Waals surface area contributed by atoms with Gasteiger partial charge < -0.3 is 0 Å². The fraction of sp³-hybridized carbons (Fsp3) is 0.200. The molecular formula is C5H7F2NOs. The number of H-pyrrole nitrogens is 1. The van der Waals surface area contributed by atoms with E-state index in [2.05, 4.69) is 4.98 Å². The molecule has 0 bridgehead atoms. The molecule has 1 aromatic rings. The van der Waals surface area contributed by atoms with Crippen LogP contribution >= 0.6 is 0 Å². The Morgan fingerprint density at radius 2 is 2.22 bits per heavy atom. The Balaban J connectivity index is 2.90. The molecule has 1 rings (SSSR count). The van der Waals surface area contributed by atoms with Crippen molar-refractivity contribution in [1.82, 2.24) is 4.98 Å². The fourth-order valence-corrected chi connectivity index (χ4v) is 2.34. The number of aromatic amines is 1. The molecule has 4 heteroatoms. The third-order valence-corrected chi connectivity index (χ3v) is 4.08. The minimum atomic E-state index is -4.56. The van der Waals surface area contributed by atoms with Crippen LogP contribution in [0, 0.1) is 0 Å². The molecule has 0 spiro atoms. The monoisotopic (exact) mass is 311 g/mol. The average Bonchev–Trinajstić information content (AvgIpc) is 2.08. The van der Waals surface area contributed by atoms with E-state index in [0.717, 1.165) is 5.48 Å². The predicted octanol–water partition coefficient (Wildman–Crippen LogP) is 1.61. The van der Waals surface area contributed by atoms with Crippen LogP contribution < -0.4 is 4.25 Å². The fourth-order valence-electron chi connectivity index (χ4n) is 0.497. The SMILES string of the molecule is [CH3][Os]([F])([F])[c]1ccc[nH]1. The second kappa shape index (κ2) is 2.19. The van der Waals surface area contributed by atoms with Gasteiger partial charge in [0.15, 0.2) is 0 Å². The van der Waals surface area contributed by atoms with Gasteiger partial charge in [-0.1, -0.05) is 0 Å². The first kappa shape index (κ1) is 6.89. The van der Waals surface area contributed by atoms with Crippen molar-refractivity contribution in [3.63, 3.8) is 0 Å². The molecule has 1 N–H and O–H groups in total. The summed E-state index contributed by atoms with van der Waals surface area (Å²) in [7, 11) is 0. The van der Waals surface area contributed by atoms with E-state index in [1.165, 1.54) is 12.3 Å². The van der Waals surface area contributed by atoms with Crippen LogP contribution in [0.15, 0.2) is 18.3 Å². The molecule has 0 saturated heterocycles. The first-order chi connectivity index (χ1) is 4.11. The summed E-state index contributed by atoms with van der Waals surface area (Å²) in [5.74, 6) is 0. The zero-order chi connectivity index (χ0) is 6.91. The molecule has 0 aliphatic carbocycles. The average molecular weight is 309 g/mol. The van der Waals surface area contributed by atoms with Crippen molar-refractivity contribution in [3.8, 4) is 0 Å². The molecule has 0 atom stereocenters. The number of aromatic nitrogens is 1. The molecule has 0 aliphatic heterocycles. The molecule has 0 saturated carbocycles. The third kappa shape index (κ3) is 1.59. The van der Waals surface area contributed by atoms with Crippen LogP contribution in [0.3, 0.4) is 0 Å². The molecule has 0 aliphatic rings. The van der Waals surface area contributed by atoms with Crippen molar-refractivity contribution in [3.05, 3.63) is 18.3 Å². The molecule has 0 radical (unpaired) electrons. The molecule has 54 valence electrons. The number of hydrogen-bond donors (Lipinski definition) is 1. The van der Waals surface area contributed by atoms with Gasteiger partial charge in [0, 0.05) is 0 Å². The van der Waals surface area contributed by atoms with Gasteiger partial charge in [0.1, 0.15) is 0 Å². The van der Waals surface area contributed by atoms with Gasteiger partial charge in [0.2, 0.25) is 0 Å². The Morgan fingerprint density at radius 3 is 2.44 bits per heavy atom. The number of halogens is 2. The van der Waals surface area contributed by atoms with Crippen molar-refractivity contribution in [1.29, 1.82) is 0 Å². The van der Waals surface area contributed by atoms with Crippen LogP contribution in [0.5, 0.6) is 0 Å². The number of nitrogens with one attached hydrogen (secondary N) is 1. The summed E-state index contributed by atoms with van der Waals surface area (Å²) in [6.07, 6.45) is 1.53. The summed E-state index contributed by atoms with van der Waals surface area (Å²) in [5.41, 5.74) is 1.05. The van der Waals surface area contributed by atoms with E-state index in [-0.39, 0.29) is 4.25 Å². The van der Waals surface area contributed by atoms with E-state index in [0.29, 0.717) is 0 Å². The summed E-state index contributed by atoms with van der Waals surface area (Å²) >= 11 is -4.56. The van der Waals surface area contributed by atoms with Gasteiger partial charge in [-0.2, -0.15) is 0 Å². The molecule has 0 amide bonds. The first-order valence-corrected chi connectivity index (χ1v) is 8.02. The molecule has 0 unspecified atom stereocenters. The standard InChI is InChI=1S/C4H4N.CH3.2FH.Os/c1-2-4-5-3-1;;;;/h1-3,5H;1H3;2*1H;/q;;;;+2/p-2. The minimum absolute atomic E-state index is 0.155. The molecule has 1 nitrogen and oxygen atoms in total. The zero-order valence-electron chi connectivity index (χ0n) is 4.84. The van der Waals surface area contributed by atoms with Gasteiger partial charge >= 0.3 is 55.6 Å². The van der Waals surface area contributed by atoms with Crippen molar-refractivity contribution < 1.29 is 22.6 Å². The van der Waals surface area contributed by atoms with E-state index in [4.69, 9.17) is 0 Å². The Hall–Kier alpha value is -0.224. The van der Waals surface area contributed by atoms with E-state index < -0.39 is 16.0 Å². The van der Waals surface area contributed by atoms with Gasteiger partial charge in [-0.3, -0.25) is 0 Å². The molecule has 0 aromatic carbocycles. The third-order valence-electron chi connectivity index (χ3n) is 0.887. The normalized spacial score (nSPS) is 13.7. The second-order valence-corrected chi connectivity index (χ2v) is 7.52. The van der Waals surface area contributed by atoms with Gasteiger partial charge in [0.05, 0.1) is 0 Å². The Kier molecular flexibility index (Phi) is 1.67. The summed E-state index contributed by atoms with van der Waals surface area (Å²) in [4.78, 5) is 2.51. The van der Waals surface area contributed by atoms with Gasteiger partial charge in [-0.05, 0) is 0 Å². The maximum atomic E-state index is 12.5. The van der Waals surface area contributed by atoms with E-state index in [9.17, 15) is 6.57 Å². The van der Waals surface area contributed by atoms with E-state index in [1.807, 2.05) is 0 Å². The van der Waals surface area contributed by atoms with E-state index >= 15 is 0 Å². The van der Waals surface area contributed by atoms with E-state index in [1.54, 1.807) is 6.07 Å². The Bertz CT molecular complexity index is 177. The van der Waals surface area contributed by atoms with Crippen molar-refractivity contribution in [2.24, 2.45) is 0 Å². The molecular weight excluding hydrogens is 302 g/mol. The van der Waals surface area contributed by atoms with Crippen LogP contribution in [0.2, 0.25) is 5.48 Å². The summed E-state index contributed by atoms with van der Waals surface area (Å²) in [6.45, 7) is 0. The van der Waals surface area contributed by atoms with Crippen molar-refractivity contribution in [2.45, 2.75) is 5.48 Å². The molecule has 9 heavy (non-hydrogen) atoms. The number of rotatable bonds is 1. The van der Waals surface area contributed by atoms with Crippen LogP contribution in [-0.2, 0) is 16.0 Å². The van der Waals surface area contributed by atoms with Crippen LogP contribution in [0.25, 0.3) is 0 Å². The molecule has 1 aromatic heterocycles. The summed E-state index contributed by atoms with van der Waals surface area (Å²) in [6, 6.07) is 3.04. The van der Waals surface area contributed by atoms with Crippen molar-refractivity contribution in [2.75, 3.05) is 0 Å². The second-order valence-electron chi connectivity index (χ2n) is 1.63. The van der Waals surface area contributed by atoms with Crippen molar-refractivity contribution >= 4 is 4.25 Å².